The molecule has 0 bridgehead atoms. The maximum Gasteiger partial charge on any atom is 0.451 e. The summed E-state index contributed by atoms with van der Waals surface area (Å²) in [5, 5.41) is 2.70. The maximum atomic E-state index is 12.3. The average Bonchev–Trinajstić information content (AvgIpc) is 1.99. The first kappa shape index (κ1) is 11.7. The van der Waals surface area contributed by atoms with Gasteiger partial charge in [0.25, 0.3) is 0 Å². The first-order valence-electron chi connectivity index (χ1n) is 4.35. The molecule has 84 valence electrons. The summed E-state index contributed by atoms with van der Waals surface area (Å²) in [6.07, 6.45) is -4.54. The Morgan fingerprint density at radius 1 is 1.13 bits per heavy atom. The Labute approximate surface area is 85.0 Å². The minimum absolute atomic E-state index is 0.0344. The van der Waals surface area contributed by atoms with Crippen LogP contribution in [0.5, 0.6) is 0 Å². The molecule has 1 rings (SSSR count). The molecule has 0 saturated heterocycles. The largest absolute Gasteiger partial charge is 0.451 e. The molecule has 0 aliphatic rings. The number of aryl methyl sites for hydroxylation is 1. The van der Waals surface area contributed by atoms with Crippen LogP contribution in [0.4, 0.5) is 19.1 Å². The summed E-state index contributed by atoms with van der Waals surface area (Å²) in [4.78, 5) is 10.3. The van der Waals surface area contributed by atoms with Gasteiger partial charge in [0.1, 0.15) is 5.82 Å². The summed E-state index contributed by atoms with van der Waals surface area (Å²) < 4.78 is 36.9. The molecule has 4 nitrogen and oxygen atoms in total. The van der Waals surface area contributed by atoms with Crippen molar-refractivity contribution >= 4 is 5.95 Å². The molecule has 1 aromatic heterocycles. The fourth-order valence-electron chi connectivity index (χ4n) is 0.931. The fourth-order valence-corrected chi connectivity index (χ4v) is 0.931. The van der Waals surface area contributed by atoms with Crippen molar-refractivity contribution in [1.29, 1.82) is 0 Å². The SMILES string of the molecule is Cc1nc(NC(C)C)nc(C(F)(F)F)n1. The molecule has 0 aliphatic carbocycles. The number of halogens is 3. The zero-order valence-corrected chi connectivity index (χ0v) is 8.55. The van der Waals surface area contributed by atoms with Crippen LogP contribution in [-0.4, -0.2) is 21.0 Å². The van der Waals surface area contributed by atoms with Crippen molar-refractivity contribution in [2.75, 3.05) is 5.32 Å². The summed E-state index contributed by atoms with van der Waals surface area (Å²) in [5.41, 5.74) is 0. The van der Waals surface area contributed by atoms with E-state index in [1.54, 1.807) is 13.8 Å². The molecule has 0 saturated carbocycles. The quantitative estimate of drug-likeness (QED) is 0.828. The van der Waals surface area contributed by atoms with Crippen LogP contribution >= 0.6 is 0 Å². The molecule has 0 aromatic carbocycles. The smallest absolute Gasteiger partial charge is 0.352 e. The monoisotopic (exact) mass is 220 g/mol. The molecular weight excluding hydrogens is 209 g/mol. The second-order valence-corrected chi connectivity index (χ2v) is 3.33. The summed E-state index contributed by atoms with van der Waals surface area (Å²) >= 11 is 0. The Hall–Kier alpha value is -1.40. The molecule has 0 radical (unpaired) electrons. The van der Waals surface area contributed by atoms with E-state index in [2.05, 4.69) is 20.3 Å². The van der Waals surface area contributed by atoms with Crippen LogP contribution in [-0.2, 0) is 6.18 Å². The van der Waals surface area contributed by atoms with Crippen molar-refractivity contribution in [3.8, 4) is 0 Å². The molecular formula is C8H11F3N4. The molecule has 0 amide bonds. The number of nitrogens with one attached hydrogen (secondary N) is 1. The highest BCUT2D eigenvalue weighted by atomic mass is 19.4. The van der Waals surface area contributed by atoms with Gasteiger partial charge < -0.3 is 5.32 Å². The Kier molecular flexibility index (Phi) is 3.11. The van der Waals surface area contributed by atoms with Gasteiger partial charge in [0.05, 0.1) is 0 Å². The summed E-state index contributed by atoms with van der Waals surface area (Å²) in [7, 11) is 0. The van der Waals surface area contributed by atoms with E-state index in [4.69, 9.17) is 0 Å². The standard InChI is InChI=1S/C8H11F3N4/c1-4(2)12-7-14-5(3)13-6(15-7)8(9,10)11/h4H,1-3H3,(H,12,13,14,15). The Bertz CT molecular complexity index is 348. The molecule has 0 atom stereocenters. The van der Waals surface area contributed by atoms with Gasteiger partial charge in [0.15, 0.2) is 0 Å². The van der Waals surface area contributed by atoms with Crippen LogP contribution in [0.2, 0.25) is 0 Å². The van der Waals surface area contributed by atoms with E-state index >= 15 is 0 Å². The van der Waals surface area contributed by atoms with Crippen LogP contribution in [0.1, 0.15) is 25.5 Å². The average molecular weight is 220 g/mol. The summed E-state index contributed by atoms with van der Waals surface area (Å²) in [6, 6.07) is -0.0344. The van der Waals surface area contributed by atoms with Crippen LogP contribution in [0, 0.1) is 6.92 Å². The Morgan fingerprint density at radius 3 is 2.20 bits per heavy atom. The van der Waals surface area contributed by atoms with Crippen molar-refractivity contribution in [2.24, 2.45) is 0 Å². The van der Waals surface area contributed by atoms with E-state index in [1.165, 1.54) is 6.92 Å². The van der Waals surface area contributed by atoms with Crippen molar-refractivity contribution < 1.29 is 13.2 Å². The summed E-state index contributed by atoms with van der Waals surface area (Å²) in [6.45, 7) is 4.96. The number of hydrogen-bond acceptors (Lipinski definition) is 4. The van der Waals surface area contributed by atoms with E-state index in [0.717, 1.165) is 0 Å². The van der Waals surface area contributed by atoms with Crippen molar-refractivity contribution in [3.63, 3.8) is 0 Å². The predicted molar refractivity (Wildman–Crippen MR) is 48.3 cm³/mol. The summed E-state index contributed by atoms with van der Waals surface area (Å²) in [5.74, 6) is -1.18. The highest BCUT2D eigenvalue weighted by Crippen LogP contribution is 2.26. The number of anilines is 1. The van der Waals surface area contributed by atoms with Gasteiger partial charge >= 0.3 is 6.18 Å². The molecule has 0 unspecified atom stereocenters. The lowest BCUT2D eigenvalue weighted by Crippen LogP contribution is -2.18. The van der Waals surface area contributed by atoms with Gasteiger partial charge in [0, 0.05) is 6.04 Å². The van der Waals surface area contributed by atoms with Crippen LogP contribution in [0.3, 0.4) is 0 Å². The molecule has 1 heterocycles. The number of rotatable bonds is 2. The van der Waals surface area contributed by atoms with Gasteiger partial charge in [-0.2, -0.15) is 23.1 Å². The molecule has 7 heteroatoms. The molecule has 0 aliphatic heterocycles. The minimum Gasteiger partial charge on any atom is -0.352 e. The van der Waals surface area contributed by atoms with Gasteiger partial charge in [-0.15, -0.1) is 0 Å². The molecule has 15 heavy (non-hydrogen) atoms. The normalized spacial score (nSPS) is 11.9. The highest BCUT2D eigenvalue weighted by molar-refractivity contribution is 5.25. The van der Waals surface area contributed by atoms with Gasteiger partial charge in [-0.3, -0.25) is 0 Å². The first-order chi connectivity index (χ1) is 6.79. The lowest BCUT2D eigenvalue weighted by molar-refractivity contribution is -0.145. The minimum atomic E-state index is -4.54. The highest BCUT2D eigenvalue weighted by Gasteiger charge is 2.35. The number of aromatic nitrogens is 3. The van der Waals surface area contributed by atoms with Crippen LogP contribution in [0.15, 0.2) is 0 Å². The van der Waals surface area contributed by atoms with E-state index in [9.17, 15) is 13.2 Å². The third-order valence-electron chi connectivity index (χ3n) is 1.42. The molecule has 1 N–H and O–H groups in total. The second kappa shape index (κ2) is 4.00. The first-order valence-corrected chi connectivity index (χ1v) is 4.35. The second-order valence-electron chi connectivity index (χ2n) is 3.33. The van der Waals surface area contributed by atoms with Gasteiger partial charge in [0.2, 0.25) is 11.8 Å². The lowest BCUT2D eigenvalue weighted by atomic mass is 10.4. The van der Waals surface area contributed by atoms with E-state index < -0.39 is 12.0 Å². The zero-order chi connectivity index (χ0) is 11.6. The maximum absolute atomic E-state index is 12.3. The van der Waals surface area contributed by atoms with Gasteiger partial charge in [-0.05, 0) is 20.8 Å². The van der Waals surface area contributed by atoms with Gasteiger partial charge in [-0.1, -0.05) is 0 Å². The molecule has 0 spiro atoms. The van der Waals surface area contributed by atoms with Crippen molar-refractivity contribution in [2.45, 2.75) is 33.0 Å². The van der Waals surface area contributed by atoms with Crippen LogP contribution in [0.25, 0.3) is 0 Å². The Morgan fingerprint density at radius 2 is 1.73 bits per heavy atom. The number of hydrogen-bond donors (Lipinski definition) is 1. The van der Waals surface area contributed by atoms with Crippen molar-refractivity contribution in [1.82, 2.24) is 15.0 Å². The lowest BCUT2D eigenvalue weighted by Gasteiger charge is -2.10. The third-order valence-corrected chi connectivity index (χ3v) is 1.42. The van der Waals surface area contributed by atoms with E-state index in [1.807, 2.05) is 0 Å². The van der Waals surface area contributed by atoms with E-state index in [0.29, 0.717) is 0 Å². The number of alkyl halides is 3. The fraction of sp³-hybridized carbons (Fsp3) is 0.625. The van der Waals surface area contributed by atoms with Gasteiger partial charge in [-0.25, -0.2) is 4.98 Å². The Balaban J connectivity index is 3.06. The topological polar surface area (TPSA) is 50.7 Å². The third kappa shape index (κ3) is 3.34. The molecule has 0 fully saturated rings. The van der Waals surface area contributed by atoms with Crippen LogP contribution < -0.4 is 5.32 Å². The number of nitrogens with zero attached hydrogens (tertiary/aromatic N) is 3. The van der Waals surface area contributed by atoms with E-state index in [-0.39, 0.29) is 17.8 Å². The predicted octanol–water partition coefficient (Wildman–Crippen LogP) is 2.02. The van der Waals surface area contributed by atoms with Crippen molar-refractivity contribution in [3.05, 3.63) is 11.6 Å². The molecule has 1 aromatic rings. The zero-order valence-electron chi connectivity index (χ0n) is 8.55.